The summed E-state index contributed by atoms with van der Waals surface area (Å²) in [6, 6.07) is 59.8. The smallest absolute Gasteiger partial charge is 0.164 e. The molecule has 0 unspecified atom stereocenters. The van der Waals surface area contributed by atoms with Crippen LogP contribution in [-0.2, 0) is 5.41 Å². The number of benzene rings is 7. The molecule has 1 heterocycles. The third kappa shape index (κ3) is 7.46. The zero-order chi connectivity index (χ0) is 41.1. The first-order valence-electron chi connectivity index (χ1n) is 20.8. The second kappa shape index (κ2) is 14.7. The highest BCUT2D eigenvalue weighted by Gasteiger charge is 2.35. The standard InChI is InChI=1S/C54H51N3Si2/c1-54(2)49-15-10-9-14-47(49)48-33-28-43(35-50(48)54)42-12-11-13-44(34-42)53-56-51(40-20-16-36(17-21-40)38-24-29-45(30-25-38)58(3,4)5)55-52(57-53)41-22-18-37(19-23-41)39-26-31-46(32-27-39)59(6,7)8/h9-35H,1-8H3. The lowest BCUT2D eigenvalue weighted by Gasteiger charge is -2.22. The molecule has 0 saturated heterocycles. The number of rotatable bonds is 8. The minimum Gasteiger partial charge on any atom is -0.208 e. The largest absolute Gasteiger partial charge is 0.208 e. The van der Waals surface area contributed by atoms with Crippen molar-refractivity contribution in [2.45, 2.75) is 58.5 Å². The number of hydrogen-bond donors (Lipinski definition) is 0. The Morgan fingerprint density at radius 1 is 0.322 bits per heavy atom. The molecule has 9 rings (SSSR count). The second-order valence-electron chi connectivity index (χ2n) is 18.6. The van der Waals surface area contributed by atoms with Gasteiger partial charge in [0.1, 0.15) is 0 Å². The summed E-state index contributed by atoms with van der Waals surface area (Å²) in [6.07, 6.45) is 0. The van der Waals surface area contributed by atoms with Gasteiger partial charge in [0.2, 0.25) is 0 Å². The Labute approximate surface area is 352 Å². The summed E-state index contributed by atoms with van der Waals surface area (Å²) in [4.78, 5) is 15.4. The Bertz CT molecular complexity index is 2710. The zero-order valence-corrected chi connectivity index (χ0v) is 37.4. The van der Waals surface area contributed by atoms with Crippen molar-refractivity contribution in [3.8, 4) is 78.7 Å². The van der Waals surface area contributed by atoms with E-state index in [1.807, 2.05) is 0 Å². The molecular weight excluding hydrogens is 747 g/mol. The summed E-state index contributed by atoms with van der Waals surface area (Å²) < 4.78 is 0. The molecule has 1 aromatic heterocycles. The lowest BCUT2D eigenvalue weighted by atomic mass is 9.81. The molecule has 0 aliphatic heterocycles. The monoisotopic (exact) mass is 797 g/mol. The highest BCUT2D eigenvalue weighted by Crippen LogP contribution is 2.49. The maximum Gasteiger partial charge on any atom is 0.164 e. The molecule has 0 saturated carbocycles. The summed E-state index contributed by atoms with van der Waals surface area (Å²) in [7, 11) is -2.75. The fourth-order valence-electron chi connectivity index (χ4n) is 8.43. The summed E-state index contributed by atoms with van der Waals surface area (Å²) in [6.45, 7) is 19.0. The summed E-state index contributed by atoms with van der Waals surface area (Å²) >= 11 is 0. The van der Waals surface area contributed by atoms with E-state index in [-0.39, 0.29) is 5.41 Å². The molecule has 290 valence electrons. The Morgan fingerprint density at radius 2 is 0.695 bits per heavy atom. The molecule has 0 atom stereocenters. The molecule has 1 aliphatic carbocycles. The molecule has 0 spiro atoms. The molecule has 8 aromatic rings. The van der Waals surface area contributed by atoms with Crippen LogP contribution >= 0.6 is 0 Å². The van der Waals surface area contributed by atoms with E-state index in [4.69, 9.17) is 15.0 Å². The fraction of sp³-hybridized carbons (Fsp3) is 0.167. The first-order chi connectivity index (χ1) is 28.2. The van der Waals surface area contributed by atoms with Crippen LogP contribution in [0.25, 0.3) is 78.7 Å². The zero-order valence-electron chi connectivity index (χ0n) is 35.4. The predicted molar refractivity (Wildman–Crippen MR) is 256 cm³/mol. The van der Waals surface area contributed by atoms with Gasteiger partial charge >= 0.3 is 0 Å². The van der Waals surface area contributed by atoms with Gasteiger partial charge in [-0.05, 0) is 67.8 Å². The van der Waals surface area contributed by atoms with E-state index in [9.17, 15) is 0 Å². The van der Waals surface area contributed by atoms with Crippen LogP contribution in [0.1, 0.15) is 25.0 Å². The van der Waals surface area contributed by atoms with Gasteiger partial charge in [-0.25, -0.2) is 15.0 Å². The first-order valence-corrected chi connectivity index (χ1v) is 27.8. The first kappa shape index (κ1) is 38.5. The lowest BCUT2D eigenvalue weighted by molar-refractivity contribution is 0.660. The van der Waals surface area contributed by atoms with E-state index in [2.05, 4.69) is 217 Å². The summed E-state index contributed by atoms with van der Waals surface area (Å²) in [5.74, 6) is 1.95. The van der Waals surface area contributed by atoms with Crippen LogP contribution in [0.2, 0.25) is 39.3 Å². The molecule has 1 aliphatic rings. The molecule has 0 radical (unpaired) electrons. The Hall–Kier alpha value is -6.02. The number of hydrogen-bond acceptors (Lipinski definition) is 3. The van der Waals surface area contributed by atoms with Crippen molar-refractivity contribution < 1.29 is 0 Å². The predicted octanol–water partition coefficient (Wildman–Crippen LogP) is 13.3. The molecule has 0 bridgehead atoms. The SMILES string of the molecule is CC1(C)c2ccccc2-c2ccc(-c3cccc(-c4nc(-c5ccc(-c6ccc([Si](C)(C)C)cc6)cc5)nc(-c5ccc(-c6ccc([Si](C)(C)C)cc6)cc5)n4)c3)cc21. The van der Waals surface area contributed by atoms with Gasteiger partial charge in [0, 0.05) is 22.1 Å². The van der Waals surface area contributed by atoms with Crippen LogP contribution in [0.15, 0.2) is 164 Å². The molecule has 7 aromatic carbocycles. The molecule has 59 heavy (non-hydrogen) atoms. The normalized spacial score (nSPS) is 13.2. The van der Waals surface area contributed by atoms with E-state index in [0.717, 1.165) is 22.3 Å². The van der Waals surface area contributed by atoms with Crippen molar-refractivity contribution in [2.24, 2.45) is 0 Å². The van der Waals surface area contributed by atoms with Gasteiger partial charge < -0.3 is 0 Å². The molecular formula is C54H51N3Si2. The maximum atomic E-state index is 5.16. The lowest BCUT2D eigenvalue weighted by Crippen LogP contribution is -2.37. The van der Waals surface area contributed by atoms with Crippen LogP contribution < -0.4 is 10.4 Å². The van der Waals surface area contributed by atoms with Crippen LogP contribution in [0, 0.1) is 0 Å². The Morgan fingerprint density at radius 3 is 1.19 bits per heavy atom. The molecule has 0 N–H and O–H groups in total. The van der Waals surface area contributed by atoms with Gasteiger partial charge in [0.25, 0.3) is 0 Å². The van der Waals surface area contributed by atoms with E-state index < -0.39 is 16.1 Å². The minimum absolute atomic E-state index is 0.0719. The van der Waals surface area contributed by atoms with Gasteiger partial charge in [0.05, 0.1) is 16.1 Å². The molecule has 0 amide bonds. The summed E-state index contributed by atoms with van der Waals surface area (Å²) in [5, 5.41) is 2.93. The molecule has 0 fully saturated rings. The van der Waals surface area contributed by atoms with E-state index in [1.165, 1.54) is 60.4 Å². The van der Waals surface area contributed by atoms with Gasteiger partial charge in [-0.15, -0.1) is 0 Å². The fourth-order valence-corrected chi connectivity index (χ4v) is 10.8. The number of fused-ring (bicyclic) bond motifs is 3. The van der Waals surface area contributed by atoms with Crippen molar-refractivity contribution in [3.05, 3.63) is 175 Å². The van der Waals surface area contributed by atoms with Crippen molar-refractivity contribution in [1.29, 1.82) is 0 Å². The quantitative estimate of drug-likeness (QED) is 0.144. The Kier molecular flexibility index (Phi) is 9.57. The topological polar surface area (TPSA) is 38.7 Å². The highest BCUT2D eigenvalue weighted by molar-refractivity contribution is 6.89. The van der Waals surface area contributed by atoms with Crippen molar-refractivity contribution in [3.63, 3.8) is 0 Å². The highest BCUT2D eigenvalue weighted by atomic mass is 28.3. The third-order valence-electron chi connectivity index (χ3n) is 12.1. The maximum absolute atomic E-state index is 5.16. The third-order valence-corrected chi connectivity index (χ3v) is 16.3. The van der Waals surface area contributed by atoms with E-state index in [0.29, 0.717) is 17.5 Å². The van der Waals surface area contributed by atoms with Crippen LogP contribution in [-0.4, -0.2) is 31.1 Å². The summed E-state index contributed by atoms with van der Waals surface area (Å²) in [5.41, 5.74) is 15.3. The molecule has 5 heteroatoms. The van der Waals surface area contributed by atoms with Gasteiger partial charge in [0.15, 0.2) is 17.5 Å². The number of nitrogens with zero attached hydrogens (tertiary/aromatic N) is 3. The minimum atomic E-state index is -1.37. The van der Waals surface area contributed by atoms with E-state index in [1.54, 1.807) is 0 Å². The van der Waals surface area contributed by atoms with Crippen LogP contribution in [0.5, 0.6) is 0 Å². The van der Waals surface area contributed by atoms with E-state index >= 15 is 0 Å². The average molecular weight is 798 g/mol. The van der Waals surface area contributed by atoms with Crippen molar-refractivity contribution >= 4 is 26.5 Å². The van der Waals surface area contributed by atoms with Crippen LogP contribution in [0.3, 0.4) is 0 Å². The Balaban J connectivity index is 1.09. The van der Waals surface area contributed by atoms with Crippen molar-refractivity contribution in [2.75, 3.05) is 0 Å². The van der Waals surface area contributed by atoms with Crippen molar-refractivity contribution in [1.82, 2.24) is 15.0 Å². The molecule has 3 nitrogen and oxygen atoms in total. The second-order valence-corrected chi connectivity index (χ2v) is 28.8. The van der Waals surface area contributed by atoms with Gasteiger partial charge in [-0.1, -0.05) is 215 Å². The van der Waals surface area contributed by atoms with Gasteiger partial charge in [-0.3, -0.25) is 0 Å². The van der Waals surface area contributed by atoms with Gasteiger partial charge in [-0.2, -0.15) is 0 Å². The van der Waals surface area contributed by atoms with Crippen LogP contribution in [0.4, 0.5) is 0 Å². The number of aromatic nitrogens is 3. The average Bonchev–Trinajstić information content (AvgIpc) is 3.48.